The minimum absolute atomic E-state index is 0.260. The quantitative estimate of drug-likeness (QED) is 0.414. The molecule has 29 heavy (non-hydrogen) atoms. The van der Waals surface area contributed by atoms with E-state index in [0.717, 1.165) is 14.7 Å². The van der Waals surface area contributed by atoms with Gasteiger partial charge in [-0.25, -0.2) is 0 Å². The van der Waals surface area contributed by atoms with Crippen molar-refractivity contribution in [2.75, 3.05) is 4.90 Å². The maximum atomic E-state index is 13.3. The lowest BCUT2D eigenvalue weighted by atomic mass is 9.88. The molecule has 1 heterocycles. The Morgan fingerprint density at radius 2 is 1.66 bits per heavy atom. The van der Waals surface area contributed by atoms with Gasteiger partial charge in [0.1, 0.15) is 0 Å². The van der Waals surface area contributed by atoms with Crippen LogP contribution in [0.2, 0.25) is 0 Å². The molecule has 1 N–H and O–H groups in total. The van der Waals surface area contributed by atoms with Crippen LogP contribution in [0.3, 0.4) is 0 Å². The SMILES string of the molecule is Cc1ccc(CN2C(=O)[C@](O)(CC(=O)c3ccc(I)cc3)c3ccccc32)cc1. The van der Waals surface area contributed by atoms with Crippen molar-refractivity contribution in [3.05, 3.63) is 98.6 Å². The van der Waals surface area contributed by atoms with Gasteiger partial charge in [0, 0.05) is 14.7 Å². The number of amides is 1. The number of aryl methyl sites for hydroxylation is 1. The number of ketones is 1. The monoisotopic (exact) mass is 497 g/mol. The summed E-state index contributed by atoms with van der Waals surface area (Å²) >= 11 is 2.17. The van der Waals surface area contributed by atoms with Crippen LogP contribution in [-0.2, 0) is 16.9 Å². The molecule has 1 atom stereocenters. The van der Waals surface area contributed by atoms with Gasteiger partial charge in [0.2, 0.25) is 0 Å². The lowest BCUT2D eigenvalue weighted by molar-refractivity contribution is -0.136. The number of benzene rings is 3. The molecule has 4 nitrogen and oxygen atoms in total. The molecule has 0 bridgehead atoms. The smallest absolute Gasteiger partial charge is 0.264 e. The molecular weight excluding hydrogens is 477 g/mol. The number of carbonyl (C=O) groups is 2. The number of hydrogen-bond acceptors (Lipinski definition) is 3. The largest absolute Gasteiger partial charge is 0.375 e. The van der Waals surface area contributed by atoms with Crippen LogP contribution in [0, 0.1) is 10.5 Å². The van der Waals surface area contributed by atoms with Gasteiger partial charge in [-0.2, -0.15) is 0 Å². The van der Waals surface area contributed by atoms with Crippen molar-refractivity contribution in [3.63, 3.8) is 0 Å². The van der Waals surface area contributed by atoms with Crippen molar-refractivity contribution < 1.29 is 14.7 Å². The summed E-state index contributed by atoms with van der Waals surface area (Å²) in [5.74, 6) is -0.720. The molecule has 1 aliphatic heterocycles. The molecule has 3 aromatic carbocycles. The Morgan fingerprint density at radius 1 is 1.00 bits per heavy atom. The number of carbonyl (C=O) groups excluding carboxylic acids is 2. The van der Waals surface area contributed by atoms with Crippen molar-refractivity contribution in [2.45, 2.75) is 25.5 Å². The molecule has 3 aromatic rings. The lowest BCUT2D eigenvalue weighted by Crippen LogP contribution is -2.41. The van der Waals surface area contributed by atoms with Gasteiger partial charge >= 0.3 is 0 Å². The number of anilines is 1. The number of Topliss-reactive ketones (excluding diaryl/α,β-unsaturated/α-hetero) is 1. The molecule has 0 aliphatic carbocycles. The fourth-order valence-electron chi connectivity index (χ4n) is 3.68. The molecule has 0 saturated carbocycles. The predicted molar refractivity (Wildman–Crippen MR) is 121 cm³/mol. The average Bonchev–Trinajstić information content (AvgIpc) is 2.92. The van der Waals surface area contributed by atoms with Crippen molar-refractivity contribution in [1.82, 2.24) is 0 Å². The van der Waals surface area contributed by atoms with E-state index in [1.807, 2.05) is 55.5 Å². The molecule has 1 amide bonds. The number of hydrogen-bond donors (Lipinski definition) is 1. The molecule has 0 aromatic heterocycles. The van der Waals surface area contributed by atoms with E-state index >= 15 is 0 Å². The number of para-hydroxylation sites is 1. The molecule has 146 valence electrons. The second-order valence-electron chi connectivity index (χ2n) is 7.36. The summed E-state index contributed by atoms with van der Waals surface area (Å²) in [5.41, 5.74) is 1.86. The number of rotatable bonds is 5. The van der Waals surface area contributed by atoms with Crippen molar-refractivity contribution in [1.29, 1.82) is 0 Å². The second-order valence-corrected chi connectivity index (χ2v) is 8.61. The van der Waals surface area contributed by atoms with E-state index in [1.54, 1.807) is 29.2 Å². The van der Waals surface area contributed by atoms with E-state index in [1.165, 1.54) is 0 Å². The first kappa shape index (κ1) is 19.8. The summed E-state index contributed by atoms with van der Waals surface area (Å²) in [6, 6.07) is 22.2. The fraction of sp³-hybridized carbons (Fsp3) is 0.167. The third-order valence-corrected chi connectivity index (χ3v) is 6.00. The number of nitrogens with zero attached hydrogens (tertiary/aromatic N) is 1. The van der Waals surface area contributed by atoms with E-state index in [-0.39, 0.29) is 12.2 Å². The van der Waals surface area contributed by atoms with Crippen LogP contribution in [0.15, 0.2) is 72.8 Å². The van der Waals surface area contributed by atoms with Gasteiger partial charge in [0.25, 0.3) is 5.91 Å². The van der Waals surface area contributed by atoms with E-state index in [9.17, 15) is 14.7 Å². The minimum Gasteiger partial charge on any atom is -0.375 e. The maximum Gasteiger partial charge on any atom is 0.264 e. The highest BCUT2D eigenvalue weighted by Crippen LogP contribution is 2.43. The molecule has 0 unspecified atom stereocenters. The Labute approximate surface area is 183 Å². The predicted octanol–water partition coefficient (Wildman–Crippen LogP) is 4.61. The van der Waals surface area contributed by atoms with Crippen LogP contribution in [0.4, 0.5) is 5.69 Å². The van der Waals surface area contributed by atoms with Crippen molar-refractivity contribution in [2.24, 2.45) is 0 Å². The summed E-state index contributed by atoms with van der Waals surface area (Å²) in [4.78, 5) is 27.7. The first-order valence-corrected chi connectivity index (χ1v) is 10.4. The average molecular weight is 497 g/mol. The standard InChI is InChI=1S/C24H20INO3/c1-16-6-8-17(9-7-16)15-26-21-5-3-2-4-20(21)24(29,23(26)28)14-22(27)18-10-12-19(25)13-11-18/h2-13,29H,14-15H2,1H3/t24-/m0/s1. The zero-order valence-corrected chi connectivity index (χ0v) is 18.1. The van der Waals surface area contributed by atoms with Crippen molar-refractivity contribution >= 4 is 40.0 Å². The van der Waals surface area contributed by atoms with E-state index < -0.39 is 11.5 Å². The van der Waals surface area contributed by atoms with Crippen LogP contribution < -0.4 is 4.90 Å². The highest BCUT2D eigenvalue weighted by molar-refractivity contribution is 14.1. The maximum absolute atomic E-state index is 13.3. The van der Waals surface area contributed by atoms with Crippen LogP contribution in [0.25, 0.3) is 0 Å². The van der Waals surface area contributed by atoms with Gasteiger partial charge in [0.05, 0.1) is 18.7 Å². The zero-order chi connectivity index (χ0) is 20.6. The molecule has 5 heteroatoms. The van der Waals surface area contributed by atoms with Gasteiger partial charge in [0.15, 0.2) is 11.4 Å². The van der Waals surface area contributed by atoms with Gasteiger partial charge in [-0.1, -0.05) is 60.2 Å². The zero-order valence-electron chi connectivity index (χ0n) is 15.9. The van der Waals surface area contributed by atoms with Crippen LogP contribution in [0.5, 0.6) is 0 Å². The molecule has 0 fully saturated rings. The van der Waals surface area contributed by atoms with Crippen LogP contribution >= 0.6 is 22.6 Å². The summed E-state index contributed by atoms with van der Waals surface area (Å²) in [6.45, 7) is 2.35. The fourth-order valence-corrected chi connectivity index (χ4v) is 4.04. The Hall–Kier alpha value is -2.51. The summed E-state index contributed by atoms with van der Waals surface area (Å²) < 4.78 is 1.02. The highest BCUT2D eigenvalue weighted by Gasteiger charge is 2.50. The number of aliphatic hydroxyl groups is 1. The highest BCUT2D eigenvalue weighted by atomic mass is 127. The van der Waals surface area contributed by atoms with Crippen LogP contribution in [-0.4, -0.2) is 16.8 Å². The van der Waals surface area contributed by atoms with Gasteiger partial charge in [-0.15, -0.1) is 0 Å². The third-order valence-electron chi connectivity index (χ3n) is 5.28. The summed E-state index contributed by atoms with van der Waals surface area (Å²) in [5, 5.41) is 11.4. The first-order valence-electron chi connectivity index (χ1n) is 9.37. The number of halogens is 1. The number of fused-ring (bicyclic) bond motifs is 1. The van der Waals surface area contributed by atoms with E-state index in [2.05, 4.69) is 22.6 Å². The lowest BCUT2D eigenvalue weighted by Gasteiger charge is -2.23. The Kier molecular flexibility index (Phi) is 5.27. The Bertz CT molecular complexity index is 1080. The molecule has 0 spiro atoms. The third kappa shape index (κ3) is 3.72. The van der Waals surface area contributed by atoms with Gasteiger partial charge < -0.3 is 10.0 Å². The molecule has 4 rings (SSSR count). The van der Waals surface area contributed by atoms with Crippen molar-refractivity contribution in [3.8, 4) is 0 Å². The second kappa shape index (κ2) is 7.72. The topological polar surface area (TPSA) is 57.6 Å². The first-order chi connectivity index (χ1) is 13.9. The Balaban J connectivity index is 1.66. The van der Waals surface area contributed by atoms with E-state index in [4.69, 9.17) is 0 Å². The van der Waals surface area contributed by atoms with E-state index in [0.29, 0.717) is 23.4 Å². The summed E-state index contributed by atoms with van der Waals surface area (Å²) in [7, 11) is 0. The Morgan fingerprint density at radius 3 is 2.34 bits per heavy atom. The van der Waals surface area contributed by atoms with Gasteiger partial charge in [-0.3, -0.25) is 9.59 Å². The minimum atomic E-state index is -1.86. The normalized spacial score (nSPS) is 18.0. The summed E-state index contributed by atoms with van der Waals surface area (Å²) in [6.07, 6.45) is -0.284. The van der Waals surface area contributed by atoms with Gasteiger partial charge in [-0.05, 0) is 53.3 Å². The van der Waals surface area contributed by atoms with Crippen LogP contribution in [0.1, 0.15) is 33.5 Å². The molecule has 0 radical (unpaired) electrons. The molecule has 0 saturated heterocycles. The molecule has 1 aliphatic rings. The molecular formula is C24H20INO3.